The van der Waals surface area contributed by atoms with Gasteiger partial charge >= 0.3 is 0 Å². The molecule has 0 saturated heterocycles. The number of benzene rings is 3. The number of aromatic nitrogens is 3. The van der Waals surface area contributed by atoms with Crippen molar-refractivity contribution in [3.05, 3.63) is 72.3 Å². The van der Waals surface area contributed by atoms with E-state index >= 15 is 0 Å². The average molecular weight is 577 g/mol. The van der Waals surface area contributed by atoms with Crippen molar-refractivity contribution in [1.29, 1.82) is 0 Å². The predicted molar refractivity (Wildman–Crippen MR) is 161 cm³/mol. The van der Waals surface area contributed by atoms with Crippen molar-refractivity contribution in [3.8, 4) is 40.1 Å². The summed E-state index contributed by atoms with van der Waals surface area (Å²) in [6.45, 7) is 0.622. The van der Waals surface area contributed by atoms with Crippen molar-refractivity contribution in [2.75, 3.05) is 47.8 Å². The highest BCUT2D eigenvalue weighted by molar-refractivity contribution is 7.99. The van der Waals surface area contributed by atoms with Gasteiger partial charge in [0.1, 0.15) is 11.5 Å². The normalized spacial score (nSPS) is 10.8. The topological polar surface area (TPSA) is 87.9 Å². The molecule has 0 atom stereocenters. The molecule has 0 N–H and O–H groups in total. The second-order valence-electron chi connectivity index (χ2n) is 9.28. The van der Waals surface area contributed by atoms with Gasteiger partial charge in [-0.3, -0.25) is 9.36 Å². The monoisotopic (exact) mass is 576 g/mol. The molecule has 10 heteroatoms. The van der Waals surface area contributed by atoms with Crippen molar-refractivity contribution in [2.45, 2.75) is 24.4 Å². The average Bonchev–Trinajstić information content (AvgIpc) is 3.45. The van der Waals surface area contributed by atoms with E-state index in [4.69, 9.17) is 18.9 Å². The molecule has 0 fully saturated rings. The van der Waals surface area contributed by atoms with E-state index in [-0.39, 0.29) is 5.91 Å². The molecule has 9 nitrogen and oxygen atoms in total. The van der Waals surface area contributed by atoms with Gasteiger partial charge in [0.15, 0.2) is 22.5 Å². The largest absolute Gasteiger partial charge is 0.497 e. The van der Waals surface area contributed by atoms with E-state index in [0.717, 1.165) is 45.6 Å². The molecule has 0 saturated carbocycles. The minimum Gasteiger partial charge on any atom is -0.497 e. The van der Waals surface area contributed by atoms with Gasteiger partial charge in [0, 0.05) is 37.0 Å². The zero-order valence-corrected chi connectivity index (χ0v) is 24.9. The molecule has 0 unspecified atom stereocenters. The van der Waals surface area contributed by atoms with E-state index in [1.54, 1.807) is 45.1 Å². The van der Waals surface area contributed by atoms with Gasteiger partial charge in [-0.25, -0.2) is 0 Å². The van der Waals surface area contributed by atoms with Crippen LogP contribution in [0.25, 0.3) is 17.1 Å². The highest BCUT2D eigenvalue weighted by Crippen LogP contribution is 2.31. The quantitative estimate of drug-likeness (QED) is 0.143. The summed E-state index contributed by atoms with van der Waals surface area (Å²) in [6.07, 6.45) is 1.90. The standard InChI is InChI=1S/C31H36N4O5S/c1-34(18-17-22-11-16-27(39-4)28(20-22)40-5)29(36)10-7-19-41-31-33-32-30(23-8-6-9-26(21-23)38-3)35(31)24-12-14-25(37-2)15-13-24/h6,8-9,11-16,20-21H,7,10,17-19H2,1-5H3. The van der Waals surface area contributed by atoms with Crippen LogP contribution in [0.5, 0.6) is 23.0 Å². The molecule has 1 heterocycles. The van der Waals surface area contributed by atoms with Crippen LogP contribution in [-0.4, -0.2) is 73.4 Å². The summed E-state index contributed by atoms with van der Waals surface area (Å²) in [5, 5.41) is 9.76. The SMILES string of the molecule is COc1ccc(-n2c(SCCCC(=O)N(C)CCc3ccc(OC)c(OC)c3)nnc2-c2cccc(OC)c2)cc1. The lowest BCUT2D eigenvalue weighted by molar-refractivity contribution is -0.129. The van der Waals surface area contributed by atoms with E-state index in [0.29, 0.717) is 36.7 Å². The Labute approximate surface area is 245 Å². The van der Waals surface area contributed by atoms with Crippen LogP contribution in [0, 0.1) is 0 Å². The summed E-state index contributed by atoms with van der Waals surface area (Å²) in [7, 11) is 8.37. The minimum absolute atomic E-state index is 0.111. The number of nitrogens with zero attached hydrogens (tertiary/aromatic N) is 4. The fourth-order valence-electron chi connectivity index (χ4n) is 4.31. The number of hydrogen-bond acceptors (Lipinski definition) is 8. The first-order chi connectivity index (χ1) is 20.0. The van der Waals surface area contributed by atoms with E-state index in [1.165, 1.54) is 0 Å². The van der Waals surface area contributed by atoms with E-state index < -0.39 is 0 Å². The zero-order valence-electron chi connectivity index (χ0n) is 24.1. The number of likely N-dealkylation sites (N-methyl/N-ethyl adjacent to an activating group) is 1. The van der Waals surface area contributed by atoms with Gasteiger partial charge in [0.05, 0.1) is 28.4 Å². The number of thioether (sulfide) groups is 1. The highest BCUT2D eigenvalue weighted by atomic mass is 32.2. The van der Waals surface area contributed by atoms with Crippen LogP contribution in [0.2, 0.25) is 0 Å². The third-order valence-corrected chi connectivity index (χ3v) is 7.68. The minimum atomic E-state index is 0.111. The Hall–Kier alpha value is -4.18. The first-order valence-corrected chi connectivity index (χ1v) is 14.3. The molecule has 1 amide bonds. The Morgan fingerprint density at radius 3 is 2.32 bits per heavy atom. The maximum atomic E-state index is 12.8. The van der Waals surface area contributed by atoms with Crippen LogP contribution >= 0.6 is 11.8 Å². The molecule has 0 aliphatic rings. The van der Waals surface area contributed by atoms with Crippen molar-refractivity contribution in [1.82, 2.24) is 19.7 Å². The first kappa shape index (κ1) is 29.8. The molecule has 0 radical (unpaired) electrons. The van der Waals surface area contributed by atoms with Crippen LogP contribution < -0.4 is 18.9 Å². The Morgan fingerprint density at radius 1 is 0.854 bits per heavy atom. The summed E-state index contributed by atoms with van der Waals surface area (Å²) in [4.78, 5) is 14.6. The smallest absolute Gasteiger partial charge is 0.222 e. The summed E-state index contributed by atoms with van der Waals surface area (Å²) in [5.41, 5.74) is 2.90. The molecule has 3 aromatic carbocycles. The van der Waals surface area contributed by atoms with Crippen molar-refractivity contribution in [3.63, 3.8) is 0 Å². The number of hydrogen-bond donors (Lipinski definition) is 0. The van der Waals surface area contributed by atoms with Crippen LogP contribution in [0.1, 0.15) is 18.4 Å². The van der Waals surface area contributed by atoms with Crippen molar-refractivity contribution in [2.24, 2.45) is 0 Å². The Bertz CT molecular complexity index is 1440. The number of ether oxygens (including phenoxy) is 4. The van der Waals surface area contributed by atoms with Gasteiger partial charge in [0.25, 0.3) is 0 Å². The molecular weight excluding hydrogens is 540 g/mol. The van der Waals surface area contributed by atoms with Gasteiger partial charge in [0.2, 0.25) is 5.91 Å². The predicted octanol–water partition coefficient (Wildman–Crippen LogP) is 5.54. The van der Waals surface area contributed by atoms with E-state index in [2.05, 4.69) is 10.2 Å². The van der Waals surface area contributed by atoms with Crippen LogP contribution in [0.3, 0.4) is 0 Å². The first-order valence-electron chi connectivity index (χ1n) is 13.3. The van der Waals surface area contributed by atoms with Crippen LogP contribution in [0.4, 0.5) is 0 Å². The van der Waals surface area contributed by atoms with Gasteiger partial charge in [-0.1, -0.05) is 30.0 Å². The molecule has 4 aromatic rings. The maximum absolute atomic E-state index is 12.8. The Morgan fingerprint density at radius 2 is 1.61 bits per heavy atom. The summed E-state index contributed by atoms with van der Waals surface area (Å²) in [5.74, 6) is 4.44. The second-order valence-corrected chi connectivity index (χ2v) is 10.3. The molecule has 41 heavy (non-hydrogen) atoms. The molecular formula is C31H36N4O5S. The molecule has 4 rings (SSSR count). The molecule has 0 bridgehead atoms. The lowest BCUT2D eigenvalue weighted by Crippen LogP contribution is -2.28. The van der Waals surface area contributed by atoms with E-state index in [1.807, 2.05) is 78.3 Å². The molecule has 0 aliphatic carbocycles. The third-order valence-electron chi connectivity index (χ3n) is 6.67. The summed E-state index contributed by atoms with van der Waals surface area (Å²) < 4.78 is 23.5. The molecule has 1 aromatic heterocycles. The van der Waals surface area contributed by atoms with Crippen molar-refractivity contribution < 1.29 is 23.7 Å². The number of carbonyl (C=O) groups is 1. The molecule has 0 aliphatic heterocycles. The van der Waals surface area contributed by atoms with Gasteiger partial charge in [-0.2, -0.15) is 0 Å². The number of carbonyl (C=O) groups excluding carboxylic acids is 1. The lowest BCUT2D eigenvalue weighted by Gasteiger charge is -2.18. The second kappa shape index (κ2) is 14.5. The van der Waals surface area contributed by atoms with Crippen LogP contribution in [-0.2, 0) is 11.2 Å². The zero-order chi connectivity index (χ0) is 29.2. The Balaban J connectivity index is 1.38. The molecule has 0 spiro atoms. The van der Waals surface area contributed by atoms with Crippen molar-refractivity contribution >= 4 is 17.7 Å². The fraction of sp³-hybridized carbons (Fsp3) is 0.323. The fourth-order valence-corrected chi connectivity index (χ4v) is 5.20. The van der Waals surface area contributed by atoms with Crippen LogP contribution in [0.15, 0.2) is 71.9 Å². The van der Waals surface area contributed by atoms with Gasteiger partial charge < -0.3 is 23.8 Å². The lowest BCUT2D eigenvalue weighted by atomic mass is 10.1. The van der Waals surface area contributed by atoms with Gasteiger partial charge in [-0.05, 0) is 66.9 Å². The number of methoxy groups -OCH3 is 4. The van der Waals surface area contributed by atoms with Gasteiger partial charge in [-0.15, -0.1) is 10.2 Å². The summed E-state index contributed by atoms with van der Waals surface area (Å²) >= 11 is 1.58. The number of rotatable bonds is 14. The maximum Gasteiger partial charge on any atom is 0.222 e. The third kappa shape index (κ3) is 7.52. The molecule has 216 valence electrons. The van der Waals surface area contributed by atoms with E-state index in [9.17, 15) is 4.79 Å². The number of amides is 1. The Kier molecular flexibility index (Phi) is 10.5. The summed E-state index contributed by atoms with van der Waals surface area (Å²) in [6, 6.07) is 21.4. The highest BCUT2D eigenvalue weighted by Gasteiger charge is 2.17.